The number of hydrogen-bond donors (Lipinski definition) is 0. The van der Waals surface area contributed by atoms with Crippen molar-refractivity contribution in [1.82, 2.24) is 29.1 Å². The Labute approximate surface area is 164 Å². The first-order valence-corrected chi connectivity index (χ1v) is 11.0. The number of carbonyl (C=O) groups excluding carboxylic acids is 1. The van der Waals surface area contributed by atoms with Gasteiger partial charge in [-0.3, -0.25) is 9.48 Å². The van der Waals surface area contributed by atoms with Crippen molar-refractivity contribution in [3.05, 3.63) is 28.7 Å². The molecule has 11 heteroatoms. The molecule has 0 radical (unpaired) electrons. The van der Waals surface area contributed by atoms with Gasteiger partial charge in [0.2, 0.25) is 15.9 Å². The van der Waals surface area contributed by atoms with Crippen LogP contribution in [-0.4, -0.2) is 69.8 Å². The zero-order chi connectivity index (χ0) is 20.6. The van der Waals surface area contributed by atoms with Crippen LogP contribution in [-0.2, 0) is 23.6 Å². The smallest absolute Gasteiger partial charge is 0.257 e. The molecule has 10 nitrogen and oxygen atoms in total. The molecular weight excluding hydrogens is 384 g/mol. The molecule has 1 amide bonds. The van der Waals surface area contributed by atoms with Gasteiger partial charge in [0.1, 0.15) is 0 Å². The van der Waals surface area contributed by atoms with Crippen molar-refractivity contribution in [2.45, 2.75) is 39.2 Å². The number of aryl methyl sites for hydroxylation is 2. The summed E-state index contributed by atoms with van der Waals surface area (Å²) in [6.45, 7) is 4.76. The number of sulfonamides is 1. The van der Waals surface area contributed by atoms with Crippen LogP contribution in [0.2, 0.25) is 0 Å². The lowest BCUT2D eigenvalue weighted by Crippen LogP contribution is -2.37. The van der Waals surface area contributed by atoms with Crippen LogP contribution in [0, 0.1) is 13.8 Å². The first-order valence-electron chi connectivity index (χ1n) is 9.11. The molecule has 0 spiro atoms. The van der Waals surface area contributed by atoms with E-state index in [0.717, 1.165) is 5.69 Å². The van der Waals surface area contributed by atoms with Crippen molar-refractivity contribution in [1.29, 1.82) is 0 Å². The second kappa shape index (κ2) is 7.63. The molecule has 0 bridgehead atoms. The third kappa shape index (κ3) is 4.09. The van der Waals surface area contributed by atoms with Gasteiger partial charge < -0.3 is 9.42 Å². The number of hydrogen-bond acceptors (Lipinski definition) is 7. The highest BCUT2D eigenvalue weighted by molar-refractivity contribution is 7.88. The Hall–Kier alpha value is -2.27. The van der Waals surface area contributed by atoms with Gasteiger partial charge in [-0.2, -0.15) is 10.1 Å². The summed E-state index contributed by atoms with van der Waals surface area (Å²) >= 11 is 0. The van der Waals surface area contributed by atoms with Crippen molar-refractivity contribution < 1.29 is 17.7 Å². The number of piperidine rings is 1. The highest BCUT2D eigenvalue weighted by atomic mass is 32.2. The topological polar surface area (TPSA) is 114 Å². The van der Waals surface area contributed by atoms with Gasteiger partial charge in [0.25, 0.3) is 5.91 Å². The van der Waals surface area contributed by atoms with Gasteiger partial charge in [0.05, 0.1) is 24.1 Å². The maximum atomic E-state index is 12.8. The average Bonchev–Trinajstić information content (AvgIpc) is 3.18. The van der Waals surface area contributed by atoms with Gasteiger partial charge in [-0.1, -0.05) is 5.16 Å². The highest BCUT2D eigenvalue weighted by Crippen LogP contribution is 2.27. The lowest BCUT2D eigenvalue weighted by Gasteiger charge is -2.28. The molecule has 3 rings (SSSR count). The van der Waals surface area contributed by atoms with Crippen molar-refractivity contribution in [2.24, 2.45) is 7.05 Å². The highest BCUT2D eigenvalue weighted by Gasteiger charge is 2.29. The zero-order valence-corrected chi connectivity index (χ0v) is 17.7. The molecule has 1 aliphatic rings. The van der Waals surface area contributed by atoms with Gasteiger partial charge in [-0.15, -0.1) is 0 Å². The number of amides is 1. The van der Waals surface area contributed by atoms with Crippen LogP contribution in [0.3, 0.4) is 0 Å². The van der Waals surface area contributed by atoms with Crippen LogP contribution >= 0.6 is 0 Å². The molecular formula is C17H26N6O4S. The number of carbonyl (C=O) groups is 1. The largest absolute Gasteiger partial charge is 0.337 e. The summed E-state index contributed by atoms with van der Waals surface area (Å²) in [5.74, 6) is 0.831. The lowest BCUT2D eigenvalue weighted by molar-refractivity contribution is 0.0768. The second-order valence-electron chi connectivity index (χ2n) is 7.31. The third-order valence-electron chi connectivity index (χ3n) is 5.21. The molecule has 154 valence electrons. The molecule has 2 aromatic heterocycles. The van der Waals surface area contributed by atoms with Gasteiger partial charge in [0, 0.05) is 38.8 Å². The van der Waals surface area contributed by atoms with E-state index in [-0.39, 0.29) is 18.4 Å². The Morgan fingerprint density at radius 3 is 2.46 bits per heavy atom. The fourth-order valence-corrected chi connectivity index (χ4v) is 4.37. The fraction of sp³-hybridized carbons (Fsp3) is 0.647. The standard InChI is InChI=1S/C17H26N6O4S/c1-11-15(12(2)22(4)19-11)17(24)21(3)10-14-18-16(20-27-14)13-6-8-23(9-7-13)28(5,25)26/h13H,6-10H2,1-5H3. The van der Waals surface area contributed by atoms with E-state index in [2.05, 4.69) is 15.2 Å². The Bertz CT molecular complexity index is 972. The molecule has 0 saturated carbocycles. The van der Waals surface area contributed by atoms with E-state index >= 15 is 0 Å². The fourth-order valence-electron chi connectivity index (χ4n) is 3.49. The van der Waals surface area contributed by atoms with Crippen LogP contribution in [0.1, 0.15) is 52.2 Å². The average molecular weight is 411 g/mol. The molecule has 28 heavy (non-hydrogen) atoms. The Morgan fingerprint density at radius 1 is 1.29 bits per heavy atom. The zero-order valence-electron chi connectivity index (χ0n) is 16.8. The van der Waals surface area contributed by atoms with Crippen molar-refractivity contribution >= 4 is 15.9 Å². The van der Waals surface area contributed by atoms with Crippen molar-refractivity contribution in [2.75, 3.05) is 26.4 Å². The quantitative estimate of drug-likeness (QED) is 0.717. The minimum absolute atomic E-state index is 0.0549. The van der Waals surface area contributed by atoms with Gasteiger partial charge >= 0.3 is 0 Å². The maximum Gasteiger partial charge on any atom is 0.257 e. The molecule has 1 aliphatic heterocycles. The van der Waals surface area contributed by atoms with Crippen LogP contribution in [0.4, 0.5) is 0 Å². The molecule has 1 fully saturated rings. The number of aromatic nitrogens is 4. The van der Waals surface area contributed by atoms with Crippen LogP contribution < -0.4 is 0 Å². The van der Waals surface area contributed by atoms with Gasteiger partial charge in [0.15, 0.2) is 5.82 Å². The van der Waals surface area contributed by atoms with Gasteiger partial charge in [-0.25, -0.2) is 12.7 Å². The maximum absolute atomic E-state index is 12.8. The minimum atomic E-state index is -3.17. The number of rotatable bonds is 5. The van der Waals surface area contributed by atoms with Crippen molar-refractivity contribution in [3.8, 4) is 0 Å². The predicted octanol–water partition coefficient (Wildman–Crippen LogP) is 0.831. The summed E-state index contributed by atoms with van der Waals surface area (Å²) in [4.78, 5) is 18.7. The first-order chi connectivity index (χ1) is 13.1. The van der Waals surface area contributed by atoms with E-state index in [9.17, 15) is 13.2 Å². The van der Waals surface area contributed by atoms with Crippen LogP contribution in [0.5, 0.6) is 0 Å². The molecule has 0 aliphatic carbocycles. The van der Waals surface area contributed by atoms with E-state index in [1.807, 2.05) is 13.8 Å². The van der Waals surface area contributed by atoms with E-state index < -0.39 is 10.0 Å². The van der Waals surface area contributed by atoms with Crippen LogP contribution in [0.15, 0.2) is 4.52 Å². The Balaban J connectivity index is 1.64. The molecule has 3 heterocycles. The Kier molecular flexibility index (Phi) is 5.57. The summed E-state index contributed by atoms with van der Waals surface area (Å²) in [6, 6.07) is 0. The summed E-state index contributed by atoms with van der Waals surface area (Å²) in [5.41, 5.74) is 2.07. The lowest BCUT2D eigenvalue weighted by atomic mass is 9.98. The molecule has 0 atom stereocenters. The monoisotopic (exact) mass is 410 g/mol. The first kappa shape index (κ1) is 20.5. The summed E-state index contributed by atoms with van der Waals surface area (Å²) in [6.07, 6.45) is 2.52. The Morgan fingerprint density at radius 2 is 1.93 bits per heavy atom. The predicted molar refractivity (Wildman–Crippen MR) is 101 cm³/mol. The normalized spacial score (nSPS) is 16.5. The molecule has 2 aromatic rings. The summed E-state index contributed by atoms with van der Waals surface area (Å²) < 4.78 is 31.7. The van der Waals surface area contributed by atoms with Crippen LogP contribution in [0.25, 0.3) is 0 Å². The molecule has 0 aromatic carbocycles. The van der Waals surface area contributed by atoms with E-state index in [1.165, 1.54) is 15.5 Å². The summed E-state index contributed by atoms with van der Waals surface area (Å²) in [7, 11) is 0.322. The van der Waals surface area contributed by atoms with E-state index in [1.54, 1.807) is 18.8 Å². The molecule has 0 N–H and O–H groups in total. The molecule has 0 unspecified atom stereocenters. The SMILES string of the molecule is Cc1nn(C)c(C)c1C(=O)N(C)Cc1nc(C2CCN(S(C)(=O)=O)CC2)no1. The summed E-state index contributed by atoms with van der Waals surface area (Å²) in [5, 5.41) is 8.32. The molecule has 1 saturated heterocycles. The number of nitrogens with zero attached hydrogens (tertiary/aromatic N) is 6. The van der Waals surface area contributed by atoms with E-state index in [4.69, 9.17) is 4.52 Å². The van der Waals surface area contributed by atoms with E-state index in [0.29, 0.717) is 48.9 Å². The minimum Gasteiger partial charge on any atom is -0.337 e. The second-order valence-corrected chi connectivity index (χ2v) is 9.30. The van der Waals surface area contributed by atoms with Gasteiger partial charge in [-0.05, 0) is 26.7 Å². The third-order valence-corrected chi connectivity index (χ3v) is 6.52. The van der Waals surface area contributed by atoms with Crippen molar-refractivity contribution in [3.63, 3.8) is 0 Å².